The van der Waals surface area contributed by atoms with Crippen molar-refractivity contribution in [3.8, 4) is 11.1 Å². The van der Waals surface area contributed by atoms with Gasteiger partial charge >= 0.3 is 5.97 Å². The molecule has 0 unspecified atom stereocenters. The lowest BCUT2D eigenvalue weighted by molar-refractivity contribution is 0.0601. The third-order valence-electron chi connectivity index (χ3n) is 5.01. The smallest absolute Gasteiger partial charge is 0.337 e. The Balaban J connectivity index is 1.84. The number of esters is 1. The quantitative estimate of drug-likeness (QED) is 0.435. The molecule has 0 radical (unpaired) electrons. The van der Waals surface area contributed by atoms with Crippen molar-refractivity contribution in [1.29, 1.82) is 0 Å². The molecule has 0 amide bonds. The molecular weight excluding hydrogens is 382 g/mol. The number of hydrogen-bond acceptors (Lipinski definition) is 6. The molecule has 0 bridgehead atoms. The van der Waals surface area contributed by atoms with E-state index < -0.39 is 0 Å². The van der Waals surface area contributed by atoms with Crippen LogP contribution >= 0.6 is 11.3 Å². The maximum Gasteiger partial charge on any atom is 0.337 e. The number of fused-ring (bicyclic) bond motifs is 1. The van der Waals surface area contributed by atoms with Gasteiger partial charge in [0.05, 0.1) is 18.1 Å². The highest BCUT2D eigenvalue weighted by Crippen LogP contribution is 2.41. The van der Waals surface area contributed by atoms with Crippen molar-refractivity contribution in [2.45, 2.75) is 20.8 Å². The fourth-order valence-corrected chi connectivity index (χ4v) is 4.37. The molecule has 5 nitrogen and oxygen atoms in total. The topological polar surface area (TPSA) is 64.1 Å². The molecule has 6 heteroatoms. The molecule has 29 heavy (non-hydrogen) atoms. The van der Waals surface area contributed by atoms with Crippen LogP contribution in [0.4, 0.5) is 11.5 Å². The van der Waals surface area contributed by atoms with E-state index in [1.165, 1.54) is 23.1 Å². The van der Waals surface area contributed by atoms with Crippen LogP contribution in [0.3, 0.4) is 0 Å². The van der Waals surface area contributed by atoms with Crippen LogP contribution < -0.4 is 5.32 Å². The second kappa shape index (κ2) is 7.64. The van der Waals surface area contributed by atoms with Gasteiger partial charge in [-0.3, -0.25) is 0 Å². The highest BCUT2D eigenvalue weighted by atomic mass is 32.1. The molecule has 2 aromatic carbocycles. The Hall–Kier alpha value is -3.25. The number of benzene rings is 2. The molecule has 146 valence electrons. The third kappa shape index (κ3) is 3.59. The number of nitrogens with one attached hydrogen (secondary N) is 1. The number of hydrogen-bond donors (Lipinski definition) is 1. The number of aryl methyl sites for hydroxylation is 3. The average Bonchev–Trinajstić information content (AvgIpc) is 3.06. The van der Waals surface area contributed by atoms with Crippen LogP contribution in [0.2, 0.25) is 0 Å². The first-order valence-electron chi connectivity index (χ1n) is 9.25. The molecular formula is C23H21N3O2S. The lowest BCUT2D eigenvalue weighted by Crippen LogP contribution is -2.02. The number of aromatic nitrogens is 2. The van der Waals surface area contributed by atoms with Gasteiger partial charge in [-0.2, -0.15) is 0 Å². The predicted molar refractivity (Wildman–Crippen MR) is 118 cm³/mol. The van der Waals surface area contributed by atoms with Crippen LogP contribution in [-0.2, 0) is 4.74 Å². The van der Waals surface area contributed by atoms with Crippen LogP contribution in [0.5, 0.6) is 0 Å². The van der Waals surface area contributed by atoms with E-state index in [9.17, 15) is 4.79 Å². The Morgan fingerprint density at radius 3 is 2.62 bits per heavy atom. The Bertz CT molecular complexity index is 1230. The Kier molecular flexibility index (Phi) is 5.03. The fraction of sp³-hybridized carbons (Fsp3) is 0.174. The molecule has 4 aromatic rings. The molecule has 0 aliphatic rings. The van der Waals surface area contributed by atoms with Crippen molar-refractivity contribution in [3.63, 3.8) is 0 Å². The average molecular weight is 404 g/mol. The highest BCUT2D eigenvalue weighted by molar-refractivity contribution is 7.19. The zero-order valence-electron chi connectivity index (χ0n) is 16.7. The number of nitrogens with zero attached hydrogens (tertiary/aromatic N) is 2. The number of methoxy groups -OCH3 is 1. The van der Waals surface area contributed by atoms with E-state index >= 15 is 0 Å². The van der Waals surface area contributed by atoms with Crippen LogP contribution in [0.25, 0.3) is 21.3 Å². The van der Waals surface area contributed by atoms with Gasteiger partial charge in [0, 0.05) is 16.1 Å². The van der Waals surface area contributed by atoms with Gasteiger partial charge in [-0.1, -0.05) is 24.3 Å². The number of carbonyl (C=O) groups is 1. The monoisotopic (exact) mass is 403 g/mol. The molecule has 2 heterocycles. The first-order chi connectivity index (χ1) is 14.0. The van der Waals surface area contributed by atoms with Gasteiger partial charge in [0.1, 0.15) is 17.0 Å². The van der Waals surface area contributed by atoms with Crippen molar-refractivity contribution >= 4 is 39.0 Å². The molecule has 2 aromatic heterocycles. The van der Waals surface area contributed by atoms with Crippen LogP contribution in [0.1, 0.15) is 26.4 Å². The van der Waals surface area contributed by atoms with Crippen molar-refractivity contribution in [3.05, 3.63) is 70.4 Å². The van der Waals surface area contributed by atoms with E-state index in [1.807, 2.05) is 12.1 Å². The van der Waals surface area contributed by atoms with Gasteiger partial charge in [0.2, 0.25) is 0 Å². The summed E-state index contributed by atoms with van der Waals surface area (Å²) in [6.07, 6.45) is 1.56. The molecule has 0 aliphatic heterocycles. The fourth-order valence-electron chi connectivity index (χ4n) is 3.36. The minimum Gasteiger partial charge on any atom is -0.465 e. The summed E-state index contributed by atoms with van der Waals surface area (Å²) in [7, 11) is 1.38. The number of thiophene rings is 1. The lowest BCUT2D eigenvalue weighted by Gasteiger charge is -2.11. The third-order valence-corrected chi connectivity index (χ3v) is 6.02. The van der Waals surface area contributed by atoms with E-state index in [0.29, 0.717) is 5.56 Å². The van der Waals surface area contributed by atoms with Crippen LogP contribution in [0.15, 0.2) is 48.8 Å². The minimum atomic E-state index is -0.372. The molecule has 0 fully saturated rings. The largest absolute Gasteiger partial charge is 0.465 e. The Morgan fingerprint density at radius 1 is 1.03 bits per heavy atom. The molecule has 1 N–H and O–H groups in total. The maximum absolute atomic E-state index is 11.9. The first-order valence-corrected chi connectivity index (χ1v) is 10.1. The van der Waals surface area contributed by atoms with Gasteiger partial charge in [-0.05, 0) is 55.7 Å². The maximum atomic E-state index is 11.9. The van der Waals surface area contributed by atoms with E-state index in [-0.39, 0.29) is 5.97 Å². The summed E-state index contributed by atoms with van der Waals surface area (Å²) in [4.78, 5) is 23.0. The van der Waals surface area contributed by atoms with Gasteiger partial charge in [0.15, 0.2) is 0 Å². The summed E-state index contributed by atoms with van der Waals surface area (Å²) in [5.41, 5.74) is 6.05. The summed E-state index contributed by atoms with van der Waals surface area (Å²) in [5, 5.41) is 4.35. The Morgan fingerprint density at radius 2 is 1.86 bits per heavy atom. The van der Waals surface area contributed by atoms with Crippen molar-refractivity contribution in [1.82, 2.24) is 9.97 Å². The summed E-state index contributed by atoms with van der Waals surface area (Å²) < 4.78 is 4.82. The number of ether oxygens (including phenoxy) is 1. The number of carbonyl (C=O) groups excluding carboxylic acids is 1. The molecule has 0 atom stereocenters. The van der Waals surface area contributed by atoms with Gasteiger partial charge in [-0.15, -0.1) is 11.3 Å². The Labute approximate surface area is 173 Å². The second-order valence-corrected chi connectivity index (χ2v) is 8.14. The molecule has 0 saturated carbocycles. The van der Waals surface area contributed by atoms with E-state index in [2.05, 4.69) is 54.3 Å². The van der Waals surface area contributed by atoms with Gasteiger partial charge < -0.3 is 10.1 Å². The second-order valence-electron chi connectivity index (χ2n) is 6.93. The SMILES string of the molecule is COC(=O)c1cccc(Nc2ncnc3sc(C)c(-c4ccc(C)c(C)c4)c23)c1. The van der Waals surface area contributed by atoms with Gasteiger partial charge in [0.25, 0.3) is 0 Å². The molecule has 0 saturated heterocycles. The van der Waals surface area contributed by atoms with Crippen LogP contribution in [-0.4, -0.2) is 23.0 Å². The standard InChI is InChI=1S/C23H21N3O2S/c1-13-8-9-16(10-14(13)2)19-15(3)29-22-20(19)21(24-12-25-22)26-18-7-5-6-17(11-18)23(27)28-4/h5-12H,1-4H3,(H,24,25,26). The minimum absolute atomic E-state index is 0.372. The lowest BCUT2D eigenvalue weighted by atomic mass is 9.99. The van der Waals surface area contributed by atoms with Crippen molar-refractivity contribution in [2.24, 2.45) is 0 Å². The number of anilines is 2. The van der Waals surface area contributed by atoms with Crippen molar-refractivity contribution in [2.75, 3.05) is 12.4 Å². The summed E-state index contributed by atoms with van der Waals surface area (Å²) in [6.45, 7) is 6.34. The summed E-state index contributed by atoms with van der Waals surface area (Å²) >= 11 is 1.65. The van der Waals surface area contributed by atoms with Gasteiger partial charge in [-0.25, -0.2) is 14.8 Å². The summed E-state index contributed by atoms with van der Waals surface area (Å²) in [5.74, 6) is 0.346. The van der Waals surface area contributed by atoms with E-state index in [0.717, 1.165) is 32.8 Å². The molecule has 0 spiro atoms. The van der Waals surface area contributed by atoms with E-state index in [1.54, 1.807) is 29.8 Å². The normalized spacial score (nSPS) is 10.9. The summed E-state index contributed by atoms with van der Waals surface area (Å²) in [6, 6.07) is 13.7. The zero-order chi connectivity index (χ0) is 20.5. The first kappa shape index (κ1) is 19.1. The zero-order valence-corrected chi connectivity index (χ0v) is 17.6. The van der Waals surface area contributed by atoms with Crippen molar-refractivity contribution < 1.29 is 9.53 Å². The van der Waals surface area contributed by atoms with E-state index in [4.69, 9.17) is 4.74 Å². The number of rotatable bonds is 4. The highest BCUT2D eigenvalue weighted by Gasteiger charge is 2.17. The van der Waals surface area contributed by atoms with Crippen LogP contribution in [0, 0.1) is 20.8 Å². The molecule has 0 aliphatic carbocycles. The molecule has 4 rings (SSSR count). The predicted octanol–water partition coefficient (Wildman–Crippen LogP) is 5.81.